The molecule has 2 unspecified atom stereocenters. The van der Waals surface area contributed by atoms with E-state index in [0.29, 0.717) is 12.0 Å². The van der Waals surface area contributed by atoms with Gasteiger partial charge >= 0.3 is 5.97 Å². The van der Waals surface area contributed by atoms with Gasteiger partial charge < -0.3 is 4.74 Å². The van der Waals surface area contributed by atoms with Gasteiger partial charge in [0, 0.05) is 13.5 Å². The molecule has 0 N–H and O–H groups in total. The van der Waals surface area contributed by atoms with Gasteiger partial charge in [-0.25, -0.2) is 0 Å². The zero-order valence-corrected chi connectivity index (χ0v) is 18.8. The Morgan fingerprint density at radius 1 is 1.00 bits per heavy atom. The van der Waals surface area contributed by atoms with Crippen molar-refractivity contribution in [3.8, 4) is 0 Å². The van der Waals surface area contributed by atoms with E-state index >= 15 is 0 Å². The highest BCUT2D eigenvalue weighted by Gasteiger charge is 2.38. The molecule has 2 nitrogen and oxygen atoms in total. The van der Waals surface area contributed by atoms with E-state index in [1.165, 1.54) is 12.5 Å². The lowest BCUT2D eigenvalue weighted by atomic mass is 9.71. The van der Waals surface area contributed by atoms with E-state index in [2.05, 4.69) is 63.3 Å². The monoisotopic (exact) mass is 392 g/mol. The molecule has 0 radical (unpaired) electrons. The SMILES string of the molecule is CCC(C)(COC(=O)C(C)(C)Br)CC(C)(CC)C[Si](C)(C)C. The number of carbonyl (C=O) groups excluding carboxylic acids is 1. The Kier molecular flexibility index (Phi) is 7.89. The second-order valence-corrected chi connectivity index (χ2v) is 16.7. The molecule has 2 atom stereocenters. The van der Waals surface area contributed by atoms with E-state index in [1.807, 2.05) is 13.8 Å². The second kappa shape index (κ2) is 7.83. The molecule has 0 aliphatic carbocycles. The topological polar surface area (TPSA) is 26.3 Å². The lowest BCUT2D eigenvalue weighted by Crippen LogP contribution is -2.38. The Morgan fingerprint density at radius 3 is 1.77 bits per heavy atom. The molecule has 0 fully saturated rings. The molecule has 22 heavy (non-hydrogen) atoms. The molecule has 0 bridgehead atoms. The van der Waals surface area contributed by atoms with Gasteiger partial charge in [-0.1, -0.05) is 75.7 Å². The molecule has 0 saturated heterocycles. The van der Waals surface area contributed by atoms with Crippen LogP contribution in [0.5, 0.6) is 0 Å². The minimum atomic E-state index is -1.12. The van der Waals surface area contributed by atoms with Gasteiger partial charge in [-0.15, -0.1) is 0 Å². The highest BCUT2D eigenvalue weighted by molar-refractivity contribution is 9.10. The van der Waals surface area contributed by atoms with Crippen LogP contribution >= 0.6 is 15.9 Å². The van der Waals surface area contributed by atoms with Crippen LogP contribution < -0.4 is 0 Å². The van der Waals surface area contributed by atoms with Gasteiger partial charge in [-0.3, -0.25) is 4.79 Å². The van der Waals surface area contributed by atoms with Crippen molar-refractivity contribution in [2.24, 2.45) is 10.8 Å². The van der Waals surface area contributed by atoms with Gasteiger partial charge in [0.15, 0.2) is 0 Å². The molecule has 0 spiro atoms. The quantitative estimate of drug-likeness (QED) is 0.262. The van der Waals surface area contributed by atoms with Crippen molar-refractivity contribution in [3.63, 3.8) is 0 Å². The summed E-state index contributed by atoms with van der Waals surface area (Å²) in [4.78, 5) is 12.0. The summed E-state index contributed by atoms with van der Waals surface area (Å²) >= 11 is 3.38. The first-order chi connectivity index (χ1) is 9.66. The first-order valence-corrected chi connectivity index (χ1v) is 13.0. The Bertz CT molecular complexity index is 370. The van der Waals surface area contributed by atoms with Crippen molar-refractivity contribution < 1.29 is 9.53 Å². The van der Waals surface area contributed by atoms with E-state index in [4.69, 9.17) is 4.74 Å². The average molecular weight is 393 g/mol. The molecule has 0 heterocycles. The van der Waals surface area contributed by atoms with Crippen molar-refractivity contribution in [2.75, 3.05) is 6.61 Å². The number of hydrogen-bond acceptors (Lipinski definition) is 2. The maximum atomic E-state index is 12.0. The maximum Gasteiger partial charge on any atom is 0.322 e. The van der Waals surface area contributed by atoms with E-state index in [0.717, 1.165) is 12.8 Å². The van der Waals surface area contributed by atoms with Crippen LogP contribution in [0.4, 0.5) is 0 Å². The Morgan fingerprint density at radius 2 is 1.45 bits per heavy atom. The number of carbonyl (C=O) groups is 1. The van der Waals surface area contributed by atoms with Gasteiger partial charge in [-0.2, -0.15) is 0 Å². The molecule has 0 aliphatic heterocycles. The van der Waals surface area contributed by atoms with E-state index in [-0.39, 0.29) is 11.4 Å². The fourth-order valence-corrected chi connectivity index (χ4v) is 6.36. The van der Waals surface area contributed by atoms with Crippen molar-refractivity contribution in [3.05, 3.63) is 0 Å². The fourth-order valence-electron chi connectivity index (χ4n) is 3.31. The first-order valence-electron chi connectivity index (χ1n) is 8.52. The van der Waals surface area contributed by atoms with E-state index in [9.17, 15) is 4.79 Å². The minimum Gasteiger partial charge on any atom is -0.464 e. The molecule has 0 aromatic rings. The predicted octanol–water partition coefficient (Wildman–Crippen LogP) is 6.26. The molecule has 0 aromatic heterocycles. The molecular formula is C18H37BrO2Si. The van der Waals surface area contributed by atoms with Crippen LogP contribution in [0.2, 0.25) is 25.7 Å². The summed E-state index contributed by atoms with van der Waals surface area (Å²) in [5.74, 6) is -0.171. The summed E-state index contributed by atoms with van der Waals surface area (Å²) in [6.07, 6.45) is 3.34. The number of rotatable bonds is 9. The Labute approximate surface area is 147 Å². The summed E-state index contributed by atoms with van der Waals surface area (Å²) in [6, 6.07) is 1.32. The normalized spacial score (nSPS) is 18.5. The number of esters is 1. The van der Waals surface area contributed by atoms with Gasteiger partial charge in [0.05, 0.1) is 6.61 Å². The van der Waals surface area contributed by atoms with Crippen LogP contribution in [-0.2, 0) is 9.53 Å². The van der Waals surface area contributed by atoms with Crippen LogP contribution in [0.3, 0.4) is 0 Å². The summed E-state index contributed by atoms with van der Waals surface area (Å²) in [5, 5.41) is 0. The number of hydrogen-bond donors (Lipinski definition) is 0. The summed E-state index contributed by atoms with van der Waals surface area (Å²) in [6.45, 7) is 20.7. The third-order valence-corrected chi connectivity index (χ3v) is 6.79. The van der Waals surface area contributed by atoms with Gasteiger partial charge in [0.2, 0.25) is 0 Å². The lowest BCUT2D eigenvalue weighted by molar-refractivity contribution is -0.149. The highest BCUT2D eigenvalue weighted by atomic mass is 79.9. The molecule has 0 aliphatic rings. The molecular weight excluding hydrogens is 356 g/mol. The fraction of sp³-hybridized carbons (Fsp3) is 0.944. The largest absolute Gasteiger partial charge is 0.464 e. The molecule has 132 valence electrons. The van der Waals surface area contributed by atoms with Gasteiger partial charge in [-0.05, 0) is 32.1 Å². The molecule has 4 heteroatoms. The zero-order chi connectivity index (χ0) is 17.8. The molecule has 0 aromatic carbocycles. The third kappa shape index (κ3) is 8.14. The Hall–Kier alpha value is 0.167. The van der Waals surface area contributed by atoms with Crippen LogP contribution in [0.1, 0.15) is 60.8 Å². The number of halogens is 1. The summed E-state index contributed by atoms with van der Waals surface area (Å²) in [7, 11) is -1.12. The molecule has 0 rings (SSSR count). The van der Waals surface area contributed by atoms with Crippen LogP contribution in [-0.4, -0.2) is 25.0 Å². The van der Waals surface area contributed by atoms with E-state index in [1.54, 1.807) is 0 Å². The van der Waals surface area contributed by atoms with Crippen LogP contribution in [0, 0.1) is 10.8 Å². The van der Waals surface area contributed by atoms with E-state index < -0.39 is 12.4 Å². The van der Waals surface area contributed by atoms with Crippen molar-refractivity contribution in [1.82, 2.24) is 0 Å². The molecule has 0 amide bonds. The van der Waals surface area contributed by atoms with Gasteiger partial charge in [0.25, 0.3) is 0 Å². The zero-order valence-electron chi connectivity index (χ0n) is 16.2. The van der Waals surface area contributed by atoms with Crippen LogP contribution in [0.15, 0.2) is 0 Å². The number of ether oxygens (including phenoxy) is 1. The van der Waals surface area contributed by atoms with Crippen molar-refractivity contribution in [2.45, 2.75) is 90.8 Å². The third-order valence-electron chi connectivity index (χ3n) is 4.55. The smallest absolute Gasteiger partial charge is 0.322 e. The maximum absolute atomic E-state index is 12.0. The Balaban J connectivity index is 4.95. The second-order valence-electron chi connectivity index (χ2n) is 9.29. The predicted molar refractivity (Wildman–Crippen MR) is 104 cm³/mol. The minimum absolute atomic E-state index is 0.0539. The van der Waals surface area contributed by atoms with Crippen molar-refractivity contribution >= 4 is 30.0 Å². The van der Waals surface area contributed by atoms with Crippen molar-refractivity contribution in [1.29, 1.82) is 0 Å². The standard InChI is InChI=1S/C18H37BrO2Si/c1-10-17(5,13-21-15(20)16(3,4)19)12-18(6,11-2)14-22(7,8)9/h10-14H2,1-9H3. The summed E-state index contributed by atoms with van der Waals surface area (Å²) in [5.41, 5.74) is 0.393. The summed E-state index contributed by atoms with van der Waals surface area (Å²) < 4.78 is 5.01. The lowest BCUT2D eigenvalue weighted by Gasteiger charge is -2.41. The average Bonchev–Trinajstić information content (AvgIpc) is 2.32. The molecule has 0 saturated carbocycles. The van der Waals surface area contributed by atoms with Gasteiger partial charge in [0.1, 0.15) is 4.32 Å². The number of alkyl halides is 1. The first kappa shape index (κ1) is 22.2. The van der Waals surface area contributed by atoms with Crippen LogP contribution in [0.25, 0.3) is 0 Å². The highest BCUT2D eigenvalue weighted by Crippen LogP contribution is 2.44.